The van der Waals surface area contributed by atoms with Crippen molar-refractivity contribution in [3.05, 3.63) is 29.8 Å². The zero-order chi connectivity index (χ0) is 12.5. The van der Waals surface area contributed by atoms with Crippen LogP contribution in [-0.2, 0) is 20.8 Å². The van der Waals surface area contributed by atoms with Crippen molar-refractivity contribution in [2.24, 2.45) is 0 Å². The van der Waals surface area contributed by atoms with E-state index in [4.69, 9.17) is 4.74 Å². The van der Waals surface area contributed by atoms with Gasteiger partial charge in [0.2, 0.25) is 0 Å². The van der Waals surface area contributed by atoms with E-state index in [-0.39, 0.29) is 19.3 Å². The highest BCUT2D eigenvalue weighted by molar-refractivity contribution is 5.76. The molecule has 0 aliphatic rings. The van der Waals surface area contributed by atoms with Crippen LogP contribution in [0.2, 0.25) is 0 Å². The number of rotatable bonds is 7. The predicted molar refractivity (Wildman–Crippen MR) is 62.4 cm³/mol. The molecule has 94 valence electrons. The average molecular weight is 239 g/mol. The van der Waals surface area contributed by atoms with Gasteiger partial charge in [0.15, 0.2) is 13.4 Å². The van der Waals surface area contributed by atoms with Gasteiger partial charge in [0.1, 0.15) is 5.75 Å². The van der Waals surface area contributed by atoms with E-state index in [9.17, 15) is 4.79 Å². The van der Waals surface area contributed by atoms with Crippen molar-refractivity contribution in [2.75, 3.05) is 20.5 Å². The maximum absolute atomic E-state index is 11.2. The molecule has 0 bridgehead atoms. The van der Waals surface area contributed by atoms with Crippen molar-refractivity contribution in [2.45, 2.75) is 13.3 Å². The molecule has 0 aliphatic heterocycles. The van der Waals surface area contributed by atoms with Crippen LogP contribution in [0.4, 0.5) is 0 Å². The van der Waals surface area contributed by atoms with Gasteiger partial charge in [0.05, 0.1) is 0 Å². The van der Waals surface area contributed by atoms with E-state index in [1.54, 1.807) is 0 Å². The molecule has 0 atom stereocenters. The quantitative estimate of drug-likeness (QED) is 0.442. The molecule has 5 heteroatoms. The first-order valence-electron chi connectivity index (χ1n) is 5.37. The zero-order valence-corrected chi connectivity index (χ0v) is 10.1. The number of carbonyl (C=O) groups excluding carboxylic acids is 1. The molecule has 0 heterocycles. The molecule has 0 saturated carbocycles. The monoisotopic (exact) mass is 239 g/mol. The van der Waals surface area contributed by atoms with Crippen LogP contribution in [0, 0.1) is 0 Å². The number of benzene rings is 1. The van der Waals surface area contributed by atoms with Gasteiger partial charge in [-0.25, -0.2) is 10.3 Å². The van der Waals surface area contributed by atoms with Crippen LogP contribution < -0.4 is 10.2 Å². The highest BCUT2D eigenvalue weighted by Gasteiger charge is 2.02. The molecule has 0 saturated heterocycles. The summed E-state index contributed by atoms with van der Waals surface area (Å²) in [6, 6.07) is 7.60. The Morgan fingerprint density at radius 2 is 2.00 bits per heavy atom. The first kappa shape index (κ1) is 13.5. The van der Waals surface area contributed by atoms with Crippen molar-refractivity contribution in [1.29, 1.82) is 0 Å². The van der Waals surface area contributed by atoms with E-state index >= 15 is 0 Å². The number of amides is 1. The average Bonchev–Trinajstić information content (AvgIpc) is 2.37. The van der Waals surface area contributed by atoms with E-state index in [2.05, 4.69) is 22.0 Å². The second-order valence-corrected chi connectivity index (χ2v) is 3.36. The van der Waals surface area contributed by atoms with E-state index in [1.807, 2.05) is 24.3 Å². The summed E-state index contributed by atoms with van der Waals surface area (Å²) in [5.74, 6) is 0.297. The summed E-state index contributed by atoms with van der Waals surface area (Å²) in [4.78, 5) is 15.9. The molecule has 1 N–H and O–H groups in total. The highest BCUT2D eigenvalue weighted by atomic mass is 16.8. The first-order valence-corrected chi connectivity index (χ1v) is 5.37. The van der Waals surface area contributed by atoms with Gasteiger partial charge in [-0.3, -0.25) is 4.79 Å². The Kier molecular flexibility index (Phi) is 6.06. The lowest BCUT2D eigenvalue weighted by atomic mass is 10.2. The molecule has 5 nitrogen and oxygen atoms in total. The third kappa shape index (κ3) is 5.33. The minimum absolute atomic E-state index is 0.0109. The van der Waals surface area contributed by atoms with E-state index in [1.165, 1.54) is 12.7 Å². The fraction of sp³-hybridized carbons (Fsp3) is 0.417. The number of carbonyl (C=O) groups is 1. The molecule has 17 heavy (non-hydrogen) atoms. The molecule has 1 aromatic rings. The van der Waals surface area contributed by atoms with E-state index < -0.39 is 0 Å². The van der Waals surface area contributed by atoms with Crippen molar-refractivity contribution in [3.63, 3.8) is 0 Å². The number of hydrogen-bond donors (Lipinski definition) is 1. The Labute approximate surface area is 101 Å². The maximum atomic E-state index is 11.2. The van der Waals surface area contributed by atoms with Gasteiger partial charge in [-0.05, 0) is 24.1 Å². The third-order valence-electron chi connectivity index (χ3n) is 2.06. The topological polar surface area (TPSA) is 56.8 Å². The summed E-state index contributed by atoms with van der Waals surface area (Å²) >= 11 is 0. The second-order valence-electron chi connectivity index (χ2n) is 3.36. The number of hydroxylamine groups is 1. The van der Waals surface area contributed by atoms with Gasteiger partial charge in [-0.2, -0.15) is 0 Å². The fourth-order valence-electron chi connectivity index (χ4n) is 1.17. The SMILES string of the molecule is CCc1ccc(OCC(=O)NOCOC)cc1. The summed E-state index contributed by atoms with van der Waals surface area (Å²) in [5, 5.41) is 0. The molecule has 0 spiro atoms. The summed E-state index contributed by atoms with van der Waals surface area (Å²) in [5.41, 5.74) is 3.41. The van der Waals surface area contributed by atoms with Gasteiger partial charge in [0.25, 0.3) is 5.91 Å². The normalized spacial score (nSPS) is 10.0. The molecule has 0 radical (unpaired) electrons. The van der Waals surface area contributed by atoms with Crippen LogP contribution in [0.25, 0.3) is 0 Å². The fourth-order valence-corrected chi connectivity index (χ4v) is 1.17. The number of ether oxygens (including phenoxy) is 2. The van der Waals surface area contributed by atoms with Crippen LogP contribution >= 0.6 is 0 Å². The van der Waals surface area contributed by atoms with Crippen molar-refractivity contribution in [1.82, 2.24) is 5.48 Å². The molecule has 1 rings (SSSR count). The lowest BCUT2D eigenvalue weighted by Crippen LogP contribution is -2.29. The smallest absolute Gasteiger partial charge is 0.281 e. The van der Waals surface area contributed by atoms with Gasteiger partial charge >= 0.3 is 0 Å². The van der Waals surface area contributed by atoms with Crippen LogP contribution in [0.3, 0.4) is 0 Å². The summed E-state index contributed by atoms with van der Waals surface area (Å²) in [6.45, 7) is 2.00. The molecule has 0 fully saturated rings. The number of methoxy groups -OCH3 is 1. The molecule has 0 aliphatic carbocycles. The Bertz CT molecular complexity index is 337. The highest BCUT2D eigenvalue weighted by Crippen LogP contribution is 2.12. The van der Waals surface area contributed by atoms with Crippen molar-refractivity contribution >= 4 is 5.91 Å². The Balaban J connectivity index is 2.27. The standard InChI is InChI=1S/C12H17NO4/c1-3-10-4-6-11(7-5-10)16-8-12(14)13-17-9-15-2/h4-7H,3,8-9H2,1-2H3,(H,13,14). The number of aryl methyl sites for hydroxylation is 1. The summed E-state index contributed by atoms with van der Waals surface area (Å²) in [7, 11) is 1.47. The minimum Gasteiger partial charge on any atom is -0.484 e. The largest absolute Gasteiger partial charge is 0.484 e. The molecule has 1 aromatic carbocycles. The Morgan fingerprint density at radius 3 is 2.59 bits per heavy atom. The maximum Gasteiger partial charge on any atom is 0.281 e. The Hall–Kier alpha value is -1.59. The second kappa shape index (κ2) is 7.65. The van der Waals surface area contributed by atoms with Crippen molar-refractivity contribution in [3.8, 4) is 5.75 Å². The summed E-state index contributed by atoms with van der Waals surface area (Å²) < 4.78 is 9.87. The van der Waals surface area contributed by atoms with Crippen LogP contribution in [0.5, 0.6) is 5.75 Å². The number of nitrogens with one attached hydrogen (secondary N) is 1. The lowest BCUT2D eigenvalue weighted by molar-refractivity contribution is -0.146. The Morgan fingerprint density at radius 1 is 1.29 bits per heavy atom. The van der Waals surface area contributed by atoms with Crippen LogP contribution in [0.15, 0.2) is 24.3 Å². The minimum atomic E-state index is -0.360. The van der Waals surface area contributed by atoms with Gasteiger partial charge < -0.3 is 9.47 Å². The molecule has 1 amide bonds. The number of hydrogen-bond acceptors (Lipinski definition) is 4. The lowest BCUT2D eigenvalue weighted by Gasteiger charge is -2.07. The molecule has 0 aromatic heterocycles. The van der Waals surface area contributed by atoms with Crippen molar-refractivity contribution < 1.29 is 19.1 Å². The van der Waals surface area contributed by atoms with Crippen LogP contribution in [0.1, 0.15) is 12.5 Å². The van der Waals surface area contributed by atoms with Crippen LogP contribution in [-0.4, -0.2) is 26.4 Å². The van der Waals surface area contributed by atoms with E-state index in [0.717, 1.165) is 6.42 Å². The third-order valence-corrected chi connectivity index (χ3v) is 2.06. The summed E-state index contributed by atoms with van der Waals surface area (Å²) in [6.07, 6.45) is 0.978. The first-order chi connectivity index (χ1) is 8.26. The molecule has 0 unspecified atom stereocenters. The molecular formula is C12H17NO4. The van der Waals surface area contributed by atoms with Gasteiger partial charge in [-0.1, -0.05) is 19.1 Å². The van der Waals surface area contributed by atoms with Gasteiger partial charge in [-0.15, -0.1) is 0 Å². The van der Waals surface area contributed by atoms with Gasteiger partial charge in [0, 0.05) is 7.11 Å². The van der Waals surface area contributed by atoms with E-state index in [0.29, 0.717) is 5.75 Å². The molecular weight excluding hydrogens is 222 g/mol. The predicted octanol–water partition coefficient (Wildman–Crippen LogP) is 1.28. The zero-order valence-electron chi connectivity index (χ0n) is 10.1.